The Kier molecular flexibility index (Phi) is 4.21. The summed E-state index contributed by atoms with van der Waals surface area (Å²) in [6.07, 6.45) is 0.178. The van der Waals surface area contributed by atoms with Crippen LogP contribution in [0.5, 0.6) is 0 Å². The summed E-state index contributed by atoms with van der Waals surface area (Å²) in [7, 11) is 0. The van der Waals surface area contributed by atoms with Crippen molar-refractivity contribution in [2.45, 2.75) is 27.2 Å². The third kappa shape index (κ3) is 4.95. The van der Waals surface area contributed by atoms with Crippen molar-refractivity contribution in [1.82, 2.24) is 0 Å². The fraction of sp³-hybridized carbons (Fsp3) is 0.500. The van der Waals surface area contributed by atoms with Crippen molar-refractivity contribution in [2.24, 2.45) is 5.41 Å². The Hall–Kier alpha value is -1.65. The Morgan fingerprint density at radius 3 is 1.87 bits per heavy atom. The molecular weight excluding hydrogens is 200 g/mol. The zero-order valence-electron chi connectivity index (χ0n) is 8.90. The third-order valence-electron chi connectivity index (χ3n) is 1.76. The summed E-state index contributed by atoms with van der Waals surface area (Å²) in [5.74, 6) is -3.05. The lowest BCUT2D eigenvalue weighted by molar-refractivity contribution is -0.136. The molecule has 2 N–H and O–H groups in total. The molecule has 0 spiro atoms. The zero-order valence-corrected chi connectivity index (χ0v) is 8.90. The van der Waals surface area contributed by atoms with Gasteiger partial charge in [0.25, 0.3) is 0 Å². The minimum Gasteiger partial charge on any atom is -0.478 e. The van der Waals surface area contributed by atoms with Crippen LogP contribution in [0.4, 0.5) is 0 Å². The number of carboxylic acids is 2. The van der Waals surface area contributed by atoms with E-state index >= 15 is 0 Å². The van der Waals surface area contributed by atoms with Gasteiger partial charge >= 0.3 is 11.9 Å². The number of ketones is 1. The van der Waals surface area contributed by atoms with E-state index in [0.29, 0.717) is 6.08 Å². The molecule has 0 saturated carbocycles. The van der Waals surface area contributed by atoms with Crippen molar-refractivity contribution < 1.29 is 24.6 Å². The molecule has 0 aliphatic rings. The van der Waals surface area contributed by atoms with Crippen molar-refractivity contribution in [3.05, 3.63) is 11.6 Å². The van der Waals surface area contributed by atoms with Crippen LogP contribution in [0.2, 0.25) is 0 Å². The molecule has 0 bridgehead atoms. The van der Waals surface area contributed by atoms with Crippen LogP contribution in [0.25, 0.3) is 0 Å². The summed E-state index contributed by atoms with van der Waals surface area (Å²) in [5.41, 5.74) is -1.07. The van der Waals surface area contributed by atoms with E-state index in [1.807, 2.05) is 0 Å². The quantitative estimate of drug-likeness (QED) is 0.683. The molecule has 5 nitrogen and oxygen atoms in total. The molecule has 0 rings (SSSR count). The Morgan fingerprint density at radius 2 is 1.60 bits per heavy atom. The minimum absolute atomic E-state index is 0.308. The maximum Gasteiger partial charge on any atom is 0.332 e. The maximum atomic E-state index is 11.5. The number of carbonyl (C=O) groups is 3. The van der Waals surface area contributed by atoms with Gasteiger partial charge in [0.15, 0.2) is 0 Å². The van der Waals surface area contributed by atoms with Crippen LogP contribution in [0.3, 0.4) is 0 Å². The fourth-order valence-electron chi connectivity index (χ4n) is 0.776. The predicted molar refractivity (Wildman–Crippen MR) is 52.4 cm³/mol. The second kappa shape index (κ2) is 4.72. The number of aliphatic carboxylic acids is 2. The van der Waals surface area contributed by atoms with Gasteiger partial charge in [0.2, 0.25) is 0 Å². The van der Waals surface area contributed by atoms with E-state index in [0.717, 1.165) is 0 Å². The van der Waals surface area contributed by atoms with Gasteiger partial charge < -0.3 is 10.2 Å². The number of carbonyl (C=O) groups excluding carboxylic acids is 1. The lowest BCUT2D eigenvalue weighted by Crippen LogP contribution is -2.22. The summed E-state index contributed by atoms with van der Waals surface area (Å²) in [6.45, 7) is 4.95. The first kappa shape index (κ1) is 13.4. The highest BCUT2D eigenvalue weighted by Gasteiger charge is 2.24. The van der Waals surface area contributed by atoms with Gasteiger partial charge in [0, 0.05) is 17.9 Å². The Bertz CT molecular complexity index is 319. The van der Waals surface area contributed by atoms with Gasteiger partial charge in [-0.1, -0.05) is 20.8 Å². The molecule has 0 aromatic heterocycles. The second-order valence-electron chi connectivity index (χ2n) is 4.16. The third-order valence-corrected chi connectivity index (χ3v) is 1.76. The van der Waals surface area contributed by atoms with E-state index in [9.17, 15) is 14.4 Å². The lowest BCUT2D eigenvalue weighted by atomic mass is 9.87. The van der Waals surface area contributed by atoms with Crippen molar-refractivity contribution >= 4 is 17.7 Å². The number of rotatable bonds is 4. The van der Waals surface area contributed by atoms with Gasteiger partial charge in [0.05, 0.1) is 5.57 Å². The van der Waals surface area contributed by atoms with Gasteiger partial charge in [0.1, 0.15) is 5.78 Å². The number of Topliss-reactive ketones (excluding diaryl/α,β-unsaturated/α-hetero) is 1. The predicted octanol–water partition coefficient (Wildman–Crippen LogP) is 1.09. The Morgan fingerprint density at radius 1 is 1.13 bits per heavy atom. The largest absolute Gasteiger partial charge is 0.478 e. The van der Waals surface area contributed by atoms with Crippen LogP contribution in [0.15, 0.2) is 11.6 Å². The van der Waals surface area contributed by atoms with E-state index in [2.05, 4.69) is 0 Å². The van der Waals surface area contributed by atoms with Gasteiger partial charge in [-0.05, 0) is 0 Å². The number of carboxylic acid groups (broad SMARTS) is 2. The van der Waals surface area contributed by atoms with Crippen molar-refractivity contribution in [2.75, 3.05) is 0 Å². The highest BCUT2D eigenvalue weighted by Crippen LogP contribution is 2.19. The highest BCUT2D eigenvalue weighted by molar-refractivity contribution is 6.00. The molecule has 0 aromatic carbocycles. The molecule has 0 saturated heterocycles. The molecule has 0 aliphatic carbocycles. The molecule has 5 heteroatoms. The minimum atomic E-state index is -1.38. The van der Waals surface area contributed by atoms with Crippen LogP contribution in [-0.2, 0) is 14.4 Å². The van der Waals surface area contributed by atoms with E-state index in [1.165, 1.54) is 0 Å². The van der Waals surface area contributed by atoms with E-state index in [4.69, 9.17) is 10.2 Å². The van der Waals surface area contributed by atoms with Crippen molar-refractivity contribution in [3.8, 4) is 0 Å². The molecule has 15 heavy (non-hydrogen) atoms. The van der Waals surface area contributed by atoms with E-state index < -0.39 is 22.9 Å². The second-order valence-corrected chi connectivity index (χ2v) is 4.16. The van der Waals surface area contributed by atoms with Crippen LogP contribution in [0.1, 0.15) is 27.2 Å². The van der Waals surface area contributed by atoms with Gasteiger partial charge in [-0.3, -0.25) is 4.79 Å². The average Bonchev–Trinajstić information content (AvgIpc) is 1.99. The number of hydrogen-bond donors (Lipinski definition) is 2. The number of hydrogen-bond acceptors (Lipinski definition) is 3. The monoisotopic (exact) mass is 214 g/mol. The summed E-state index contributed by atoms with van der Waals surface area (Å²) < 4.78 is 0. The molecule has 0 aliphatic heterocycles. The van der Waals surface area contributed by atoms with Gasteiger partial charge in [-0.2, -0.15) is 0 Å². The summed E-state index contributed by atoms with van der Waals surface area (Å²) in [5, 5.41) is 17.1. The summed E-state index contributed by atoms with van der Waals surface area (Å²) >= 11 is 0. The zero-order chi connectivity index (χ0) is 12.2. The highest BCUT2D eigenvalue weighted by atomic mass is 16.4. The Balaban J connectivity index is 4.81. The smallest absolute Gasteiger partial charge is 0.332 e. The summed E-state index contributed by atoms with van der Waals surface area (Å²) in [4.78, 5) is 32.4. The molecule has 0 unspecified atom stereocenters. The summed E-state index contributed by atoms with van der Waals surface area (Å²) in [6, 6.07) is 0. The molecule has 0 amide bonds. The molecule has 0 fully saturated rings. The first-order valence-corrected chi connectivity index (χ1v) is 4.34. The van der Waals surface area contributed by atoms with E-state index in [-0.39, 0.29) is 12.2 Å². The van der Waals surface area contributed by atoms with Crippen molar-refractivity contribution in [1.29, 1.82) is 0 Å². The maximum absolute atomic E-state index is 11.5. The van der Waals surface area contributed by atoms with Crippen LogP contribution in [-0.4, -0.2) is 27.9 Å². The first-order valence-electron chi connectivity index (χ1n) is 4.34. The van der Waals surface area contributed by atoms with Crippen LogP contribution < -0.4 is 0 Å². The van der Waals surface area contributed by atoms with E-state index in [1.54, 1.807) is 20.8 Å². The van der Waals surface area contributed by atoms with Gasteiger partial charge in [-0.25, -0.2) is 9.59 Å². The van der Waals surface area contributed by atoms with Crippen molar-refractivity contribution in [3.63, 3.8) is 0 Å². The standard InChI is InChI=1S/C10H14O5/c1-10(2,3)7(11)4-6(9(14)15)5-8(12)13/h5H,4H2,1-3H3,(H,12,13)(H,14,15)/b6-5+. The molecule has 84 valence electrons. The first-order chi connectivity index (χ1) is 6.64. The topological polar surface area (TPSA) is 91.7 Å². The molecular formula is C10H14O5. The molecule has 0 radical (unpaired) electrons. The molecule has 0 aromatic rings. The lowest BCUT2D eigenvalue weighted by Gasteiger charge is -2.16. The van der Waals surface area contributed by atoms with Crippen LogP contribution in [0, 0.1) is 5.41 Å². The normalized spacial score (nSPS) is 12.3. The SMILES string of the molecule is CC(C)(C)C(=O)C/C(=C\C(=O)O)C(=O)O. The average molecular weight is 214 g/mol. The molecule has 0 heterocycles. The Labute approximate surface area is 87.4 Å². The molecule has 0 atom stereocenters. The fourth-order valence-corrected chi connectivity index (χ4v) is 0.776. The van der Waals surface area contributed by atoms with Gasteiger partial charge in [-0.15, -0.1) is 0 Å². The van der Waals surface area contributed by atoms with Crippen LogP contribution >= 0.6 is 0 Å².